The standard InChI is InChI=1S/C14H14N4O3/c19-14(20)11-5-4-10(21-11)9-15-7-6-13-17-16-12-3-1-2-8-18(12)13/h1-5,8,15H,6-7,9H2,(H,19,20). The van der Waals surface area contributed by atoms with Crippen molar-refractivity contribution in [3.05, 3.63) is 53.9 Å². The van der Waals surface area contributed by atoms with Crippen molar-refractivity contribution < 1.29 is 14.3 Å². The van der Waals surface area contributed by atoms with Crippen LogP contribution in [-0.2, 0) is 13.0 Å². The van der Waals surface area contributed by atoms with Crippen molar-refractivity contribution in [1.29, 1.82) is 0 Å². The Morgan fingerprint density at radius 1 is 1.29 bits per heavy atom. The quantitative estimate of drug-likeness (QED) is 0.664. The Morgan fingerprint density at radius 2 is 2.19 bits per heavy atom. The Balaban J connectivity index is 1.53. The van der Waals surface area contributed by atoms with Crippen LogP contribution >= 0.6 is 0 Å². The average molecular weight is 286 g/mol. The summed E-state index contributed by atoms with van der Waals surface area (Å²) in [5.74, 6) is 0.369. The number of carbonyl (C=O) groups is 1. The van der Waals surface area contributed by atoms with Gasteiger partial charge in [-0.15, -0.1) is 10.2 Å². The van der Waals surface area contributed by atoms with Crippen LogP contribution < -0.4 is 5.32 Å². The molecular formula is C14H14N4O3. The van der Waals surface area contributed by atoms with E-state index in [2.05, 4.69) is 15.5 Å². The number of carboxylic acids is 1. The Kier molecular flexibility index (Phi) is 3.65. The summed E-state index contributed by atoms with van der Waals surface area (Å²) in [5.41, 5.74) is 0.824. The molecule has 0 aliphatic heterocycles. The maximum atomic E-state index is 10.7. The molecule has 0 spiro atoms. The molecule has 2 N–H and O–H groups in total. The second-order valence-electron chi connectivity index (χ2n) is 4.54. The molecule has 3 aromatic rings. The van der Waals surface area contributed by atoms with Crippen LogP contribution in [0.15, 0.2) is 40.9 Å². The summed E-state index contributed by atoms with van der Waals surface area (Å²) >= 11 is 0. The number of hydrogen-bond donors (Lipinski definition) is 2. The zero-order chi connectivity index (χ0) is 14.7. The van der Waals surface area contributed by atoms with E-state index in [1.807, 2.05) is 28.8 Å². The number of hydrogen-bond acceptors (Lipinski definition) is 5. The minimum absolute atomic E-state index is 0.0461. The Bertz CT molecular complexity index is 762. The third-order valence-electron chi connectivity index (χ3n) is 3.08. The fourth-order valence-electron chi connectivity index (χ4n) is 2.06. The fraction of sp³-hybridized carbons (Fsp3) is 0.214. The van der Waals surface area contributed by atoms with Gasteiger partial charge in [-0.3, -0.25) is 4.40 Å². The normalized spacial score (nSPS) is 11.0. The molecule has 0 atom stereocenters. The zero-order valence-electron chi connectivity index (χ0n) is 11.2. The molecule has 0 saturated heterocycles. The number of nitrogens with zero attached hydrogens (tertiary/aromatic N) is 3. The zero-order valence-corrected chi connectivity index (χ0v) is 11.2. The number of aromatic carboxylic acids is 1. The molecular weight excluding hydrogens is 272 g/mol. The molecule has 108 valence electrons. The lowest BCUT2D eigenvalue weighted by Crippen LogP contribution is -2.17. The molecule has 7 nitrogen and oxygen atoms in total. The lowest BCUT2D eigenvalue weighted by Gasteiger charge is -2.02. The van der Waals surface area contributed by atoms with Crippen LogP contribution in [0.25, 0.3) is 5.65 Å². The molecule has 21 heavy (non-hydrogen) atoms. The molecule has 3 aromatic heterocycles. The van der Waals surface area contributed by atoms with Crippen LogP contribution in [0.3, 0.4) is 0 Å². The molecule has 0 radical (unpaired) electrons. The number of pyridine rings is 1. The molecule has 0 aliphatic carbocycles. The average Bonchev–Trinajstić information content (AvgIpc) is 3.11. The van der Waals surface area contributed by atoms with Crippen molar-refractivity contribution in [2.45, 2.75) is 13.0 Å². The molecule has 3 rings (SSSR count). The maximum Gasteiger partial charge on any atom is 0.371 e. The summed E-state index contributed by atoms with van der Waals surface area (Å²) < 4.78 is 7.10. The van der Waals surface area contributed by atoms with E-state index in [-0.39, 0.29) is 5.76 Å². The van der Waals surface area contributed by atoms with Gasteiger partial charge in [0.15, 0.2) is 5.65 Å². The van der Waals surface area contributed by atoms with Crippen LogP contribution in [-0.4, -0.2) is 32.2 Å². The number of furan rings is 1. The van der Waals surface area contributed by atoms with Gasteiger partial charge in [-0.2, -0.15) is 0 Å². The van der Waals surface area contributed by atoms with Crippen LogP contribution in [0.2, 0.25) is 0 Å². The van der Waals surface area contributed by atoms with Crippen molar-refractivity contribution in [3.8, 4) is 0 Å². The molecule has 0 amide bonds. The van der Waals surface area contributed by atoms with Crippen molar-refractivity contribution in [2.24, 2.45) is 0 Å². The molecule has 0 saturated carbocycles. The van der Waals surface area contributed by atoms with Gasteiger partial charge < -0.3 is 14.8 Å². The highest BCUT2D eigenvalue weighted by Crippen LogP contribution is 2.07. The van der Waals surface area contributed by atoms with E-state index in [0.29, 0.717) is 18.8 Å². The second-order valence-corrected chi connectivity index (χ2v) is 4.54. The largest absolute Gasteiger partial charge is 0.475 e. The minimum atomic E-state index is -1.06. The van der Waals surface area contributed by atoms with Crippen molar-refractivity contribution in [3.63, 3.8) is 0 Å². The molecule has 0 aromatic carbocycles. The first kappa shape index (κ1) is 13.3. The van der Waals surface area contributed by atoms with Gasteiger partial charge in [0.25, 0.3) is 0 Å². The summed E-state index contributed by atoms with van der Waals surface area (Å²) in [7, 11) is 0. The first-order valence-corrected chi connectivity index (χ1v) is 6.55. The van der Waals surface area contributed by atoms with Crippen molar-refractivity contribution in [2.75, 3.05) is 6.54 Å². The van der Waals surface area contributed by atoms with Gasteiger partial charge in [-0.05, 0) is 24.3 Å². The van der Waals surface area contributed by atoms with Crippen LogP contribution in [0.1, 0.15) is 22.1 Å². The van der Waals surface area contributed by atoms with Gasteiger partial charge in [-0.1, -0.05) is 6.07 Å². The lowest BCUT2D eigenvalue weighted by atomic mass is 10.3. The second kappa shape index (κ2) is 5.76. The topological polar surface area (TPSA) is 92.7 Å². The van der Waals surface area contributed by atoms with E-state index in [1.165, 1.54) is 6.07 Å². The fourth-order valence-corrected chi connectivity index (χ4v) is 2.06. The van der Waals surface area contributed by atoms with Gasteiger partial charge in [-0.25, -0.2) is 4.79 Å². The van der Waals surface area contributed by atoms with Crippen molar-refractivity contribution >= 4 is 11.6 Å². The van der Waals surface area contributed by atoms with Gasteiger partial charge >= 0.3 is 5.97 Å². The van der Waals surface area contributed by atoms with E-state index < -0.39 is 5.97 Å². The van der Waals surface area contributed by atoms with Gasteiger partial charge in [0.1, 0.15) is 11.6 Å². The first-order valence-electron chi connectivity index (χ1n) is 6.55. The highest BCUT2D eigenvalue weighted by Gasteiger charge is 2.08. The monoisotopic (exact) mass is 286 g/mol. The molecule has 3 heterocycles. The summed E-state index contributed by atoms with van der Waals surface area (Å²) in [5, 5.41) is 20.2. The van der Waals surface area contributed by atoms with E-state index >= 15 is 0 Å². The molecule has 0 unspecified atom stereocenters. The SMILES string of the molecule is O=C(O)c1ccc(CNCCc2nnc3ccccn23)o1. The number of rotatable bonds is 6. The van der Waals surface area contributed by atoms with E-state index in [9.17, 15) is 4.79 Å². The van der Waals surface area contributed by atoms with Crippen molar-refractivity contribution in [1.82, 2.24) is 19.9 Å². The maximum absolute atomic E-state index is 10.7. The highest BCUT2D eigenvalue weighted by atomic mass is 16.4. The summed E-state index contributed by atoms with van der Waals surface area (Å²) in [6.45, 7) is 1.17. The number of nitrogens with one attached hydrogen (secondary N) is 1. The molecule has 7 heteroatoms. The predicted octanol–water partition coefficient (Wildman–Crippen LogP) is 1.35. The summed E-state index contributed by atoms with van der Waals surface area (Å²) in [4.78, 5) is 10.7. The van der Waals surface area contributed by atoms with E-state index in [4.69, 9.17) is 9.52 Å². The van der Waals surface area contributed by atoms with Crippen LogP contribution in [0.5, 0.6) is 0 Å². The highest BCUT2D eigenvalue weighted by molar-refractivity contribution is 5.84. The third-order valence-corrected chi connectivity index (χ3v) is 3.08. The number of fused-ring (bicyclic) bond motifs is 1. The Morgan fingerprint density at radius 3 is 3.00 bits per heavy atom. The Labute approximate surface area is 120 Å². The van der Waals surface area contributed by atoms with Crippen LogP contribution in [0, 0.1) is 0 Å². The summed E-state index contributed by atoms with van der Waals surface area (Å²) in [6.07, 6.45) is 2.65. The minimum Gasteiger partial charge on any atom is -0.475 e. The van der Waals surface area contributed by atoms with E-state index in [1.54, 1.807) is 6.07 Å². The predicted molar refractivity (Wildman–Crippen MR) is 74.1 cm³/mol. The molecule has 0 fully saturated rings. The van der Waals surface area contributed by atoms with Gasteiger partial charge in [0.2, 0.25) is 5.76 Å². The Hall–Kier alpha value is -2.67. The summed E-state index contributed by atoms with van der Waals surface area (Å²) in [6, 6.07) is 8.86. The molecule has 0 bridgehead atoms. The first-order chi connectivity index (χ1) is 10.2. The number of aromatic nitrogens is 3. The van der Waals surface area contributed by atoms with Gasteiger partial charge in [0.05, 0.1) is 6.54 Å². The number of carboxylic acid groups (broad SMARTS) is 1. The smallest absolute Gasteiger partial charge is 0.371 e. The van der Waals surface area contributed by atoms with Crippen LogP contribution in [0.4, 0.5) is 0 Å². The van der Waals surface area contributed by atoms with E-state index in [0.717, 1.165) is 17.9 Å². The van der Waals surface area contributed by atoms with Gasteiger partial charge in [0, 0.05) is 19.2 Å². The third kappa shape index (κ3) is 2.92. The molecule has 0 aliphatic rings. The lowest BCUT2D eigenvalue weighted by molar-refractivity contribution is 0.0660.